The molecule has 0 spiro atoms. The number of carbonyl (C=O) groups is 1. The highest BCUT2D eigenvalue weighted by molar-refractivity contribution is 6.03. The fourth-order valence-corrected chi connectivity index (χ4v) is 3.53. The normalized spacial score (nSPS) is 10.5. The number of carbonyl (C=O) groups excluding carboxylic acids is 1. The number of amides is 1. The zero-order valence-corrected chi connectivity index (χ0v) is 20.5. The van der Waals surface area contributed by atoms with Crippen molar-refractivity contribution in [3.05, 3.63) is 84.1 Å². The molecule has 0 saturated carbocycles. The minimum Gasteiger partial charge on any atom is -0.497 e. The van der Waals surface area contributed by atoms with E-state index in [1.807, 2.05) is 68.4 Å². The van der Waals surface area contributed by atoms with Crippen molar-refractivity contribution in [2.24, 2.45) is 0 Å². The largest absolute Gasteiger partial charge is 0.497 e. The molecule has 0 fully saturated rings. The third-order valence-electron chi connectivity index (χ3n) is 5.33. The van der Waals surface area contributed by atoms with Crippen LogP contribution >= 0.6 is 0 Å². The molecule has 0 unspecified atom stereocenters. The van der Waals surface area contributed by atoms with Crippen LogP contribution in [0.2, 0.25) is 0 Å². The van der Waals surface area contributed by atoms with Crippen molar-refractivity contribution < 1.29 is 23.7 Å². The van der Waals surface area contributed by atoms with Gasteiger partial charge in [-0.1, -0.05) is 6.07 Å². The molecule has 0 aliphatic carbocycles. The minimum absolute atomic E-state index is 0.284. The molecule has 0 aliphatic heterocycles. The predicted molar refractivity (Wildman–Crippen MR) is 138 cm³/mol. The van der Waals surface area contributed by atoms with E-state index in [2.05, 4.69) is 15.5 Å². The number of anilines is 1. The van der Waals surface area contributed by atoms with E-state index in [0.717, 1.165) is 22.6 Å². The average molecular weight is 488 g/mol. The summed E-state index contributed by atoms with van der Waals surface area (Å²) in [4.78, 5) is 12.7. The van der Waals surface area contributed by atoms with Gasteiger partial charge >= 0.3 is 0 Å². The lowest BCUT2D eigenvalue weighted by atomic mass is 10.1. The van der Waals surface area contributed by atoms with Crippen LogP contribution in [-0.2, 0) is 6.61 Å². The monoisotopic (exact) mass is 487 g/mol. The summed E-state index contributed by atoms with van der Waals surface area (Å²) >= 11 is 0. The van der Waals surface area contributed by atoms with Gasteiger partial charge in [0, 0.05) is 11.3 Å². The Morgan fingerprint density at radius 1 is 0.833 bits per heavy atom. The van der Waals surface area contributed by atoms with E-state index in [0.29, 0.717) is 48.4 Å². The first-order valence-corrected chi connectivity index (χ1v) is 11.7. The van der Waals surface area contributed by atoms with Crippen molar-refractivity contribution in [3.63, 3.8) is 0 Å². The number of aromatic amines is 1. The van der Waals surface area contributed by atoms with Gasteiger partial charge in [-0.25, -0.2) is 0 Å². The van der Waals surface area contributed by atoms with Gasteiger partial charge in [0.2, 0.25) is 0 Å². The van der Waals surface area contributed by atoms with Crippen LogP contribution in [0.5, 0.6) is 23.0 Å². The van der Waals surface area contributed by atoms with Gasteiger partial charge in [0.1, 0.15) is 23.8 Å². The van der Waals surface area contributed by atoms with Crippen molar-refractivity contribution in [1.29, 1.82) is 0 Å². The maximum atomic E-state index is 12.7. The highest BCUT2D eigenvalue weighted by atomic mass is 16.5. The Morgan fingerprint density at radius 3 is 2.22 bits per heavy atom. The number of ether oxygens (including phenoxy) is 4. The zero-order chi connectivity index (χ0) is 25.3. The molecule has 0 atom stereocenters. The molecule has 0 bridgehead atoms. The van der Waals surface area contributed by atoms with E-state index in [-0.39, 0.29) is 5.91 Å². The Labute approximate surface area is 210 Å². The Kier molecular flexibility index (Phi) is 8.08. The molecule has 0 saturated heterocycles. The first-order valence-electron chi connectivity index (χ1n) is 11.7. The van der Waals surface area contributed by atoms with E-state index in [1.54, 1.807) is 25.3 Å². The van der Waals surface area contributed by atoms with Crippen molar-refractivity contribution >= 4 is 11.6 Å². The van der Waals surface area contributed by atoms with Crippen LogP contribution in [0.25, 0.3) is 11.3 Å². The number of methoxy groups -OCH3 is 1. The summed E-state index contributed by atoms with van der Waals surface area (Å²) in [6.45, 7) is 5.38. The van der Waals surface area contributed by atoms with Crippen LogP contribution < -0.4 is 24.3 Å². The Balaban J connectivity index is 1.34. The van der Waals surface area contributed by atoms with Gasteiger partial charge < -0.3 is 24.3 Å². The molecule has 4 rings (SSSR count). The number of rotatable bonds is 11. The van der Waals surface area contributed by atoms with E-state index in [9.17, 15) is 4.79 Å². The second-order valence-corrected chi connectivity index (χ2v) is 7.81. The fraction of sp³-hybridized carbons (Fsp3) is 0.214. The van der Waals surface area contributed by atoms with Crippen LogP contribution in [0.15, 0.2) is 72.8 Å². The smallest absolute Gasteiger partial charge is 0.273 e. The molecule has 36 heavy (non-hydrogen) atoms. The molecule has 1 heterocycles. The minimum atomic E-state index is -0.284. The van der Waals surface area contributed by atoms with Gasteiger partial charge in [-0.3, -0.25) is 9.89 Å². The van der Waals surface area contributed by atoms with Gasteiger partial charge in [0.25, 0.3) is 5.91 Å². The maximum Gasteiger partial charge on any atom is 0.273 e. The van der Waals surface area contributed by atoms with Crippen LogP contribution in [0, 0.1) is 0 Å². The molecule has 2 N–H and O–H groups in total. The molecule has 0 aliphatic rings. The summed E-state index contributed by atoms with van der Waals surface area (Å²) < 4.78 is 22.4. The summed E-state index contributed by atoms with van der Waals surface area (Å²) in [6, 6.07) is 22.1. The quantitative estimate of drug-likeness (QED) is 0.281. The molecule has 4 aromatic rings. The van der Waals surface area contributed by atoms with Gasteiger partial charge in [-0.05, 0) is 86.1 Å². The Hall–Kier alpha value is -4.46. The standard InChI is InChI=1S/C28H29N3O5/c1-4-34-26-15-6-19(16-27(26)35-5-2)18-36-23-13-9-21(10-14-23)29-28(32)25-17-24(30-31-25)20-7-11-22(33-3)12-8-20/h6-17H,4-5,18H2,1-3H3,(H,29,32)(H,30,31). The summed E-state index contributed by atoms with van der Waals surface area (Å²) in [7, 11) is 1.62. The van der Waals surface area contributed by atoms with E-state index < -0.39 is 0 Å². The van der Waals surface area contributed by atoms with Crippen LogP contribution in [-0.4, -0.2) is 36.4 Å². The third-order valence-corrected chi connectivity index (χ3v) is 5.33. The maximum absolute atomic E-state index is 12.7. The number of nitrogens with one attached hydrogen (secondary N) is 2. The average Bonchev–Trinajstić information content (AvgIpc) is 3.41. The third kappa shape index (κ3) is 6.15. The number of hydrogen-bond acceptors (Lipinski definition) is 6. The molecule has 8 nitrogen and oxygen atoms in total. The number of H-pyrrole nitrogens is 1. The zero-order valence-electron chi connectivity index (χ0n) is 20.5. The first-order chi connectivity index (χ1) is 17.6. The molecule has 1 aromatic heterocycles. The molecule has 3 aromatic carbocycles. The molecular formula is C28H29N3O5. The highest BCUT2D eigenvalue weighted by Gasteiger charge is 2.12. The summed E-state index contributed by atoms with van der Waals surface area (Å²) in [6.07, 6.45) is 0. The van der Waals surface area contributed by atoms with Crippen molar-refractivity contribution in [3.8, 4) is 34.3 Å². The second-order valence-electron chi connectivity index (χ2n) is 7.81. The summed E-state index contributed by atoms with van der Waals surface area (Å²) in [5.74, 6) is 2.58. The molecule has 0 radical (unpaired) electrons. The summed E-state index contributed by atoms with van der Waals surface area (Å²) in [5.41, 5.74) is 3.53. The SMILES string of the molecule is CCOc1ccc(COc2ccc(NC(=O)c3cc(-c4ccc(OC)cc4)n[nH]3)cc2)cc1OCC. The van der Waals surface area contributed by atoms with E-state index in [4.69, 9.17) is 18.9 Å². The van der Waals surface area contributed by atoms with Gasteiger partial charge in [-0.2, -0.15) is 5.10 Å². The predicted octanol–water partition coefficient (Wildman–Crippen LogP) is 5.71. The lowest BCUT2D eigenvalue weighted by Crippen LogP contribution is -2.12. The van der Waals surface area contributed by atoms with Crippen molar-refractivity contribution in [1.82, 2.24) is 10.2 Å². The topological polar surface area (TPSA) is 94.7 Å². The molecular weight excluding hydrogens is 458 g/mol. The fourth-order valence-electron chi connectivity index (χ4n) is 3.53. The molecule has 186 valence electrons. The van der Waals surface area contributed by atoms with Crippen LogP contribution in [0.3, 0.4) is 0 Å². The first kappa shape index (κ1) is 24.7. The number of aromatic nitrogens is 2. The van der Waals surface area contributed by atoms with Crippen molar-refractivity contribution in [2.45, 2.75) is 20.5 Å². The molecule has 8 heteroatoms. The van der Waals surface area contributed by atoms with Gasteiger partial charge in [0.15, 0.2) is 11.5 Å². The Bertz CT molecular complexity index is 1280. The number of hydrogen-bond donors (Lipinski definition) is 2. The van der Waals surface area contributed by atoms with Crippen LogP contribution in [0.1, 0.15) is 29.9 Å². The van der Waals surface area contributed by atoms with E-state index >= 15 is 0 Å². The molecule has 1 amide bonds. The summed E-state index contributed by atoms with van der Waals surface area (Å²) in [5, 5.41) is 9.90. The van der Waals surface area contributed by atoms with E-state index in [1.165, 1.54) is 0 Å². The van der Waals surface area contributed by atoms with Gasteiger partial charge in [0.05, 0.1) is 26.0 Å². The highest BCUT2D eigenvalue weighted by Crippen LogP contribution is 2.29. The lowest BCUT2D eigenvalue weighted by Gasteiger charge is -2.13. The van der Waals surface area contributed by atoms with Gasteiger partial charge in [-0.15, -0.1) is 0 Å². The van der Waals surface area contributed by atoms with Crippen LogP contribution in [0.4, 0.5) is 5.69 Å². The van der Waals surface area contributed by atoms with Crippen molar-refractivity contribution in [2.75, 3.05) is 25.6 Å². The second kappa shape index (κ2) is 11.8. The number of benzene rings is 3. The Morgan fingerprint density at radius 2 is 1.53 bits per heavy atom. The number of nitrogens with zero attached hydrogens (tertiary/aromatic N) is 1. The lowest BCUT2D eigenvalue weighted by molar-refractivity contribution is 0.102.